The van der Waals surface area contributed by atoms with Crippen molar-refractivity contribution >= 4 is 5.69 Å². The highest BCUT2D eigenvalue weighted by Gasteiger charge is 2.09. The van der Waals surface area contributed by atoms with E-state index in [4.69, 9.17) is 4.74 Å². The molecule has 0 saturated carbocycles. The maximum absolute atomic E-state index is 5.34. The van der Waals surface area contributed by atoms with Crippen LogP contribution >= 0.6 is 0 Å². The minimum Gasteiger partial charge on any atom is -0.496 e. The fourth-order valence-corrected chi connectivity index (χ4v) is 2.24. The quantitative estimate of drug-likeness (QED) is 0.830. The second kappa shape index (κ2) is 6.61. The van der Waals surface area contributed by atoms with Crippen LogP contribution in [0.4, 0.5) is 5.69 Å². The molecule has 100 valence electrons. The molecule has 0 atom stereocenters. The number of piperazine rings is 1. The number of nitrogens with zero attached hydrogens (tertiary/aromatic N) is 1. The first-order valence-electron chi connectivity index (χ1n) is 6.67. The van der Waals surface area contributed by atoms with Crippen molar-refractivity contribution in [3.05, 3.63) is 23.8 Å². The van der Waals surface area contributed by atoms with Crippen molar-refractivity contribution < 1.29 is 4.74 Å². The van der Waals surface area contributed by atoms with E-state index in [1.54, 1.807) is 7.11 Å². The Morgan fingerprint density at radius 1 is 1.33 bits per heavy atom. The van der Waals surface area contributed by atoms with E-state index in [-0.39, 0.29) is 0 Å². The molecule has 1 aliphatic heterocycles. The summed E-state index contributed by atoms with van der Waals surface area (Å²) in [5, 5.41) is 6.84. The number of hydrogen-bond acceptors (Lipinski definition) is 4. The fourth-order valence-electron chi connectivity index (χ4n) is 2.24. The first-order chi connectivity index (χ1) is 8.83. The van der Waals surface area contributed by atoms with E-state index in [9.17, 15) is 0 Å². The van der Waals surface area contributed by atoms with Gasteiger partial charge < -0.3 is 15.4 Å². The molecule has 0 aromatic heterocycles. The Hall–Kier alpha value is -1.26. The zero-order chi connectivity index (χ0) is 12.8. The molecule has 18 heavy (non-hydrogen) atoms. The zero-order valence-corrected chi connectivity index (χ0v) is 11.3. The van der Waals surface area contributed by atoms with Crippen LogP contribution in [-0.4, -0.2) is 44.9 Å². The molecule has 1 aliphatic rings. The van der Waals surface area contributed by atoms with Crippen LogP contribution in [0.1, 0.15) is 12.5 Å². The van der Waals surface area contributed by atoms with Crippen LogP contribution in [0.15, 0.2) is 18.2 Å². The average Bonchev–Trinajstić information content (AvgIpc) is 2.45. The number of methoxy groups -OCH3 is 1. The molecule has 4 heteroatoms. The Kier molecular flexibility index (Phi) is 4.84. The van der Waals surface area contributed by atoms with Crippen molar-refractivity contribution in [3.8, 4) is 5.75 Å². The minimum absolute atomic E-state index is 0.914. The predicted octanol–water partition coefficient (Wildman–Crippen LogP) is 1.53. The number of ether oxygens (including phenoxy) is 1. The summed E-state index contributed by atoms with van der Waals surface area (Å²) in [6.45, 7) is 7.47. The van der Waals surface area contributed by atoms with Crippen LogP contribution < -0.4 is 15.4 Å². The number of anilines is 1. The van der Waals surface area contributed by atoms with Gasteiger partial charge in [0.15, 0.2) is 0 Å². The lowest BCUT2D eigenvalue weighted by molar-refractivity contribution is 0.256. The van der Waals surface area contributed by atoms with Gasteiger partial charge in [-0.2, -0.15) is 0 Å². The summed E-state index contributed by atoms with van der Waals surface area (Å²) in [5.41, 5.74) is 2.42. The summed E-state index contributed by atoms with van der Waals surface area (Å²) >= 11 is 0. The van der Waals surface area contributed by atoms with Gasteiger partial charge in [0.1, 0.15) is 5.75 Å². The Morgan fingerprint density at radius 2 is 2.11 bits per heavy atom. The van der Waals surface area contributed by atoms with E-state index >= 15 is 0 Å². The topological polar surface area (TPSA) is 36.5 Å². The SMILES string of the molecule is CCc1cc(NCN2CCNCC2)ccc1OC. The normalized spacial score (nSPS) is 16.6. The smallest absolute Gasteiger partial charge is 0.122 e. The molecule has 1 saturated heterocycles. The van der Waals surface area contributed by atoms with Crippen LogP contribution in [-0.2, 0) is 6.42 Å². The summed E-state index contributed by atoms with van der Waals surface area (Å²) < 4.78 is 5.34. The molecular formula is C14H23N3O. The van der Waals surface area contributed by atoms with E-state index < -0.39 is 0 Å². The van der Waals surface area contributed by atoms with Gasteiger partial charge >= 0.3 is 0 Å². The summed E-state index contributed by atoms with van der Waals surface area (Å²) in [7, 11) is 1.72. The zero-order valence-electron chi connectivity index (χ0n) is 11.3. The summed E-state index contributed by atoms with van der Waals surface area (Å²) in [4.78, 5) is 2.42. The number of hydrogen-bond donors (Lipinski definition) is 2. The van der Waals surface area contributed by atoms with Crippen molar-refractivity contribution in [2.24, 2.45) is 0 Å². The maximum atomic E-state index is 5.34. The molecule has 1 fully saturated rings. The van der Waals surface area contributed by atoms with E-state index in [1.807, 2.05) is 6.07 Å². The van der Waals surface area contributed by atoms with Gasteiger partial charge in [-0.1, -0.05) is 6.92 Å². The molecule has 1 aromatic rings. The summed E-state index contributed by atoms with van der Waals surface area (Å²) in [6.07, 6.45) is 0.992. The Labute approximate surface area is 109 Å². The number of rotatable bonds is 5. The molecule has 0 amide bonds. The number of aryl methyl sites for hydroxylation is 1. The number of benzene rings is 1. The van der Waals surface area contributed by atoms with Gasteiger partial charge in [-0.25, -0.2) is 0 Å². The van der Waals surface area contributed by atoms with Gasteiger partial charge in [0.2, 0.25) is 0 Å². The van der Waals surface area contributed by atoms with Gasteiger partial charge in [-0.15, -0.1) is 0 Å². The largest absolute Gasteiger partial charge is 0.496 e. The van der Waals surface area contributed by atoms with Crippen molar-refractivity contribution in [1.82, 2.24) is 10.2 Å². The first kappa shape index (κ1) is 13.2. The van der Waals surface area contributed by atoms with Gasteiger partial charge in [0.05, 0.1) is 13.8 Å². The molecule has 1 aromatic carbocycles. The van der Waals surface area contributed by atoms with Gasteiger partial charge in [-0.3, -0.25) is 4.90 Å². The third-order valence-electron chi connectivity index (χ3n) is 3.38. The summed E-state index contributed by atoms with van der Waals surface area (Å²) in [5.74, 6) is 0.977. The summed E-state index contributed by atoms with van der Waals surface area (Å²) in [6, 6.07) is 6.31. The van der Waals surface area contributed by atoms with Crippen LogP contribution in [0.2, 0.25) is 0 Å². The van der Waals surface area contributed by atoms with Crippen molar-refractivity contribution in [2.75, 3.05) is 45.3 Å². The Morgan fingerprint density at radius 3 is 2.78 bits per heavy atom. The van der Waals surface area contributed by atoms with Crippen LogP contribution in [0.5, 0.6) is 5.75 Å². The van der Waals surface area contributed by atoms with Gasteiger partial charge in [0.25, 0.3) is 0 Å². The van der Waals surface area contributed by atoms with Gasteiger partial charge in [-0.05, 0) is 30.2 Å². The van der Waals surface area contributed by atoms with Crippen molar-refractivity contribution in [1.29, 1.82) is 0 Å². The van der Waals surface area contributed by atoms with E-state index in [1.165, 1.54) is 11.3 Å². The van der Waals surface area contributed by atoms with Gasteiger partial charge in [0, 0.05) is 31.9 Å². The molecule has 2 rings (SSSR count). The molecule has 0 aliphatic carbocycles. The lowest BCUT2D eigenvalue weighted by Crippen LogP contribution is -2.45. The molecule has 0 radical (unpaired) electrons. The fraction of sp³-hybridized carbons (Fsp3) is 0.571. The third-order valence-corrected chi connectivity index (χ3v) is 3.38. The molecule has 1 heterocycles. The molecule has 2 N–H and O–H groups in total. The molecule has 0 unspecified atom stereocenters. The molecular weight excluding hydrogens is 226 g/mol. The van der Waals surface area contributed by atoms with Crippen molar-refractivity contribution in [3.63, 3.8) is 0 Å². The van der Waals surface area contributed by atoms with Crippen LogP contribution in [0.25, 0.3) is 0 Å². The van der Waals surface area contributed by atoms with E-state index in [2.05, 4.69) is 34.6 Å². The minimum atomic E-state index is 0.914. The van der Waals surface area contributed by atoms with E-state index in [0.717, 1.165) is 45.0 Å². The first-order valence-corrected chi connectivity index (χ1v) is 6.67. The highest BCUT2D eigenvalue weighted by Crippen LogP contribution is 2.22. The number of nitrogens with one attached hydrogen (secondary N) is 2. The second-order valence-electron chi connectivity index (χ2n) is 4.58. The predicted molar refractivity (Wildman–Crippen MR) is 75.3 cm³/mol. The van der Waals surface area contributed by atoms with Crippen molar-refractivity contribution in [2.45, 2.75) is 13.3 Å². The maximum Gasteiger partial charge on any atom is 0.122 e. The Balaban J connectivity index is 1.92. The monoisotopic (exact) mass is 249 g/mol. The lowest BCUT2D eigenvalue weighted by Gasteiger charge is -2.27. The Bertz CT molecular complexity index is 375. The lowest BCUT2D eigenvalue weighted by atomic mass is 10.1. The van der Waals surface area contributed by atoms with Crippen LogP contribution in [0.3, 0.4) is 0 Å². The average molecular weight is 249 g/mol. The van der Waals surface area contributed by atoms with Crippen LogP contribution in [0, 0.1) is 0 Å². The van der Waals surface area contributed by atoms with E-state index in [0.29, 0.717) is 0 Å². The highest BCUT2D eigenvalue weighted by molar-refractivity contribution is 5.51. The second-order valence-corrected chi connectivity index (χ2v) is 4.58. The molecule has 4 nitrogen and oxygen atoms in total. The standard InChI is InChI=1S/C14H23N3O/c1-3-12-10-13(4-5-14(12)18-2)16-11-17-8-6-15-7-9-17/h4-5,10,15-16H,3,6-9,11H2,1-2H3. The molecule has 0 spiro atoms. The highest BCUT2D eigenvalue weighted by atomic mass is 16.5. The third kappa shape index (κ3) is 3.37. The molecule has 0 bridgehead atoms.